The van der Waals surface area contributed by atoms with Gasteiger partial charge in [-0.1, -0.05) is 42.5 Å². The van der Waals surface area contributed by atoms with Gasteiger partial charge in [0.05, 0.1) is 17.7 Å². The molecule has 3 aromatic carbocycles. The zero-order chi connectivity index (χ0) is 22.6. The molecular weight excluding hydrogens is 430 g/mol. The van der Waals surface area contributed by atoms with Gasteiger partial charge in [-0.2, -0.15) is 0 Å². The van der Waals surface area contributed by atoms with Crippen LogP contribution in [0.4, 0.5) is 11.4 Å². The van der Waals surface area contributed by atoms with E-state index in [1.807, 2.05) is 89.8 Å². The minimum absolute atomic E-state index is 0.0271. The molecule has 0 fully saturated rings. The molecule has 0 radical (unpaired) electrons. The van der Waals surface area contributed by atoms with E-state index in [4.69, 9.17) is 4.74 Å². The number of anilines is 2. The van der Waals surface area contributed by atoms with Gasteiger partial charge in [0.25, 0.3) is 5.91 Å². The molecule has 0 unspecified atom stereocenters. The minimum Gasteiger partial charge on any atom is -0.496 e. The first-order valence-electron chi connectivity index (χ1n) is 10.7. The van der Waals surface area contributed by atoms with Crippen molar-refractivity contribution in [3.8, 4) is 5.75 Å². The third-order valence-electron chi connectivity index (χ3n) is 5.59. The van der Waals surface area contributed by atoms with Crippen LogP contribution in [0.3, 0.4) is 0 Å². The summed E-state index contributed by atoms with van der Waals surface area (Å²) in [6.07, 6.45) is 1.45. The van der Waals surface area contributed by atoms with E-state index in [0.29, 0.717) is 11.3 Å². The van der Waals surface area contributed by atoms with Gasteiger partial charge in [0.2, 0.25) is 0 Å². The number of ether oxygens (including phenoxy) is 1. The number of carbonyl (C=O) groups is 1. The summed E-state index contributed by atoms with van der Waals surface area (Å²) in [5, 5.41) is 4.53. The first-order chi connectivity index (χ1) is 16.2. The SMILES string of the molecule is COc1ccc([C@@H]2Nc3ccccc3C(=O)N2c2ccccc2)cc1CSc1ccccn1. The number of nitrogens with zero attached hydrogens (tertiary/aromatic N) is 2. The van der Waals surface area contributed by atoms with Gasteiger partial charge >= 0.3 is 0 Å². The fraction of sp³-hybridized carbons (Fsp3) is 0.111. The third kappa shape index (κ3) is 4.30. The molecule has 6 heteroatoms. The summed E-state index contributed by atoms with van der Waals surface area (Å²) >= 11 is 1.65. The van der Waals surface area contributed by atoms with Crippen molar-refractivity contribution in [1.29, 1.82) is 0 Å². The molecule has 33 heavy (non-hydrogen) atoms. The van der Waals surface area contributed by atoms with Crippen molar-refractivity contribution >= 4 is 29.0 Å². The lowest BCUT2D eigenvalue weighted by atomic mass is 10.0. The molecule has 4 aromatic rings. The number of pyridine rings is 1. The van der Waals surface area contributed by atoms with Crippen LogP contribution in [0.1, 0.15) is 27.7 Å². The standard InChI is InChI=1S/C27H23N3O2S/c1-32-24-15-14-19(17-20(24)18-33-25-13-7-8-16-28-25)26-29-23-12-6-5-11-22(23)27(31)30(26)21-9-3-2-4-10-21/h2-17,26,29H,18H2,1H3/t26-/m1/s1. The first-order valence-corrected chi connectivity index (χ1v) is 11.7. The summed E-state index contributed by atoms with van der Waals surface area (Å²) in [6, 6.07) is 29.4. The molecule has 0 saturated heterocycles. The number of hydrogen-bond donors (Lipinski definition) is 1. The second kappa shape index (κ2) is 9.38. The van der Waals surface area contributed by atoms with E-state index in [1.54, 1.807) is 25.1 Å². The Bertz CT molecular complexity index is 1260. The molecule has 1 aromatic heterocycles. The van der Waals surface area contributed by atoms with E-state index in [2.05, 4.69) is 16.4 Å². The van der Waals surface area contributed by atoms with Crippen LogP contribution < -0.4 is 15.0 Å². The van der Waals surface area contributed by atoms with Crippen LogP contribution in [0.2, 0.25) is 0 Å². The monoisotopic (exact) mass is 453 g/mol. The molecule has 1 aliphatic rings. The van der Waals surface area contributed by atoms with Gasteiger partial charge in [-0.3, -0.25) is 9.69 Å². The van der Waals surface area contributed by atoms with Crippen LogP contribution in [0.5, 0.6) is 5.75 Å². The largest absolute Gasteiger partial charge is 0.496 e. The number of hydrogen-bond acceptors (Lipinski definition) is 5. The van der Waals surface area contributed by atoms with E-state index >= 15 is 0 Å². The number of thioether (sulfide) groups is 1. The van der Waals surface area contributed by atoms with Crippen molar-refractivity contribution in [2.45, 2.75) is 16.9 Å². The Morgan fingerprint density at radius 3 is 2.55 bits per heavy atom. The highest BCUT2D eigenvalue weighted by Crippen LogP contribution is 2.38. The maximum atomic E-state index is 13.6. The molecule has 5 nitrogen and oxygen atoms in total. The predicted molar refractivity (Wildman–Crippen MR) is 133 cm³/mol. The van der Waals surface area contributed by atoms with E-state index in [0.717, 1.165) is 33.3 Å². The van der Waals surface area contributed by atoms with Crippen molar-refractivity contribution in [2.24, 2.45) is 0 Å². The molecule has 1 aliphatic heterocycles. The zero-order valence-corrected chi connectivity index (χ0v) is 19.0. The topological polar surface area (TPSA) is 54.5 Å². The van der Waals surface area contributed by atoms with Crippen molar-refractivity contribution < 1.29 is 9.53 Å². The Morgan fingerprint density at radius 1 is 0.970 bits per heavy atom. The van der Waals surface area contributed by atoms with Gasteiger partial charge in [-0.25, -0.2) is 4.98 Å². The fourth-order valence-electron chi connectivity index (χ4n) is 4.01. The van der Waals surface area contributed by atoms with Gasteiger partial charge in [0.1, 0.15) is 11.9 Å². The highest BCUT2D eigenvalue weighted by atomic mass is 32.2. The first kappa shape index (κ1) is 21.1. The van der Waals surface area contributed by atoms with Gasteiger partial charge in [0, 0.05) is 28.9 Å². The Morgan fingerprint density at radius 2 is 1.76 bits per heavy atom. The van der Waals surface area contributed by atoms with E-state index in [1.165, 1.54) is 0 Å². The fourth-order valence-corrected chi connectivity index (χ4v) is 4.85. The van der Waals surface area contributed by atoms with Crippen LogP contribution in [-0.2, 0) is 5.75 Å². The zero-order valence-electron chi connectivity index (χ0n) is 18.1. The van der Waals surface area contributed by atoms with E-state index in [9.17, 15) is 4.79 Å². The third-order valence-corrected chi connectivity index (χ3v) is 6.59. The number of benzene rings is 3. The minimum atomic E-state index is -0.348. The molecular formula is C27H23N3O2S. The summed E-state index contributed by atoms with van der Waals surface area (Å²) in [7, 11) is 1.68. The van der Waals surface area contributed by atoms with Gasteiger partial charge in [-0.05, 0) is 54.1 Å². The average molecular weight is 454 g/mol. The number of rotatable bonds is 6. The summed E-state index contributed by atoms with van der Waals surface area (Å²) in [6.45, 7) is 0. The van der Waals surface area contributed by atoms with Crippen molar-refractivity contribution in [3.05, 3.63) is 114 Å². The molecule has 1 amide bonds. The van der Waals surface area contributed by atoms with Crippen LogP contribution in [-0.4, -0.2) is 18.0 Å². The number of aromatic nitrogens is 1. The molecule has 0 bridgehead atoms. The van der Waals surface area contributed by atoms with Crippen LogP contribution >= 0.6 is 11.8 Å². The predicted octanol–water partition coefficient (Wildman–Crippen LogP) is 6.15. The van der Waals surface area contributed by atoms with Crippen LogP contribution in [0.15, 0.2) is 102 Å². The number of nitrogens with one attached hydrogen (secondary N) is 1. The Labute approximate surface area is 197 Å². The molecule has 2 heterocycles. The summed E-state index contributed by atoms with van der Waals surface area (Å²) in [4.78, 5) is 19.8. The summed E-state index contributed by atoms with van der Waals surface area (Å²) < 4.78 is 5.63. The van der Waals surface area contributed by atoms with Gasteiger partial charge in [-0.15, -0.1) is 11.8 Å². The molecule has 0 aliphatic carbocycles. The number of carbonyl (C=O) groups excluding carboxylic acids is 1. The van der Waals surface area contributed by atoms with Crippen molar-refractivity contribution in [2.75, 3.05) is 17.3 Å². The Hall–Kier alpha value is -3.77. The lowest BCUT2D eigenvalue weighted by molar-refractivity contribution is 0.0975. The highest BCUT2D eigenvalue weighted by molar-refractivity contribution is 7.98. The Balaban J connectivity index is 1.54. The average Bonchev–Trinajstić information content (AvgIpc) is 2.88. The van der Waals surface area contributed by atoms with E-state index < -0.39 is 0 Å². The normalized spacial score (nSPS) is 15.0. The number of fused-ring (bicyclic) bond motifs is 1. The number of methoxy groups -OCH3 is 1. The van der Waals surface area contributed by atoms with E-state index in [-0.39, 0.29) is 12.1 Å². The van der Waals surface area contributed by atoms with Gasteiger partial charge in [0.15, 0.2) is 0 Å². The second-order valence-corrected chi connectivity index (χ2v) is 8.63. The lowest BCUT2D eigenvalue weighted by Gasteiger charge is -2.38. The second-order valence-electron chi connectivity index (χ2n) is 7.63. The Kier molecular flexibility index (Phi) is 6.00. The van der Waals surface area contributed by atoms with Gasteiger partial charge < -0.3 is 10.1 Å². The van der Waals surface area contributed by atoms with Crippen LogP contribution in [0.25, 0.3) is 0 Å². The highest BCUT2D eigenvalue weighted by Gasteiger charge is 2.34. The molecule has 1 atom stereocenters. The van der Waals surface area contributed by atoms with Crippen LogP contribution in [0, 0.1) is 0 Å². The number of amides is 1. The maximum Gasteiger partial charge on any atom is 0.262 e. The quantitative estimate of drug-likeness (QED) is 0.355. The van der Waals surface area contributed by atoms with Crippen molar-refractivity contribution in [1.82, 2.24) is 4.98 Å². The molecule has 0 saturated carbocycles. The molecule has 164 valence electrons. The molecule has 5 rings (SSSR count). The maximum absolute atomic E-state index is 13.6. The molecule has 1 N–H and O–H groups in total. The lowest BCUT2D eigenvalue weighted by Crippen LogP contribution is -2.43. The summed E-state index contributed by atoms with van der Waals surface area (Å²) in [5.74, 6) is 1.49. The summed E-state index contributed by atoms with van der Waals surface area (Å²) in [5.41, 5.74) is 4.37. The smallest absolute Gasteiger partial charge is 0.262 e. The number of para-hydroxylation sites is 2. The molecule has 0 spiro atoms. The van der Waals surface area contributed by atoms with Crippen molar-refractivity contribution in [3.63, 3.8) is 0 Å².